The zero-order chi connectivity index (χ0) is 21.4. The van der Waals surface area contributed by atoms with Gasteiger partial charge in [-0.05, 0) is 55.9 Å². The van der Waals surface area contributed by atoms with Gasteiger partial charge in [-0.3, -0.25) is 0 Å². The van der Waals surface area contributed by atoms with Crippen molar-refractivity contribution in [3.05, 3.63) is 59.7 Å². The van der Waals surface area contributed by atoms with Gasteiger partial charge in [0.2, 0.25) is 0 Å². The summed E-state index contributed by atoms with van der Waals surface area (Å²) in [5, 5.41) is 11.9. The number of nitrogens with one attached hydrogen (secondary N) is 1. The van der Waals surface area contributed by atoms with Crippen LogP contribution >= 0.6 is 0 Å². The van der Waals surface area contributed by atoms with Gasteiger partial charge in [0.25, 0.3) is 0 Å². The molecule has 2 aromatic carbocycles. The van der Waals surface area contributed by atoms with E-state index in [4.69, 9.17) is 4.74 Å². The Labute approximate surface area is 173 Å². The van der Waals surface area contributed by atoms with Crippen molar-refractivity contribution in [3.8, 4) is 11.1 Å². The van der Waals surface area contributed by atoms with Crippen molar-refractivity contribution in [2.24, 2.45) is 0 Å². The number of hydrogen-bond donors (Lipinski definition) is 2. The first-order valence-electron chi connectivity index (χ1n) is 10.1. The number of carboxylic acids is 1. The molecule has 156 valence electrons. The zero-order valence-electron chi connectivity index (χ0n) is 17.7. The Morgan fingerprint density at radius 3 is 2.31 bits per heavy atom. The van der Waals surface area contributed by atoms with E-state index >= 15 is 0 Å². The second-order valence-electron chi connectivity index (χ2n) is 8.24. The standard InChI is InChI=1S/C24H31NO4/c1-5-6-8-17-11-13-19(14-12-17)20-10-7-9-18(15-20)16-21(22(26)27)25-23(28)29-24(2,3)4/h7,9-15,21H,5-6,8,16H2,1-4H3,(H,25,28)(H,26,27). The van der Waals surface area contributed by atoms with Gasteiger partial charge in [-0.25, -0.2) is 9.59 Å². The molecule has 1 amide bonds. The molecule has 2 rings (SSSR count). The molecule has 2 N–H and O–H groups in total. The quantitative estimate of drug-likeness (QED) is 0.641. The molecule has 5 nitrogen and oxygen atoms in total. The average Bonchev–Trinajstić information content (AvgIpc) is 2.65. The molecule has 0 radical (unpaired) electrons. The second kappa shape index (κ2) is 10.1. The maximum absolute atomic E-state index is 12.0. The number of benzene rings is 2. The predicted molar refractivity (Wildman–Crippen MR) is 115 cm³/mol. The predicted octanol–water partition coefficient (Wildman–Crippen LogP) is 5.22. The van der Waals surface area contributed by atoms with E-state index in [0.29, 0.717) is 0 Å². The van der Waals surface area contributed by atoms with Crippen molar-refractivity contribution in [1.82, 2.24) is 5.32 Å². The van der Waals surface area contributed by atoms with Crippen molar-refractivity contribution in [3.63, 3.8) is 0 Å². The van der Waals surface area contributed by atoms with Crippen LogP contribution in [0.2, 0.25) is 0 Å². The molecule has 1 atom stereocenters. The van der Waals surface area contributed by atoms with Crippen molar-refractivity contribution < 1.29 is 19.4 Å². The Hall–Kier alpha value is -2.82. The Morgan fingerprint density at radius 2 is 1.72 bits per heavy atom. The minimum atomic E-state index is -1.10. The lowest BCUT2D eigenvalue weighted by Gasteiger charge is -2.22. The molecule has 0 spiro atoms. The molecule has 0 aliphatic carbocycles. The molecular formula is C24H31NO4. The minimum Gasteiger partial charge on any atom is -0.480 e. The molecule has 0 heterocycles. The van der Waals surface area contributed by atoms with E-state index in [2.05, 4.69) is 36.5 Å². The number of rotatable bonds is 8. The monoisotopic (exact) mass is 397 g/mol. The summed E-state index contributed by atoms with van der Waals surface area (Å²) in [5.41, 5.74) is 3.57. The third kappa shape index (κ3) is 7.60. The maximum atomic E-state index is 12.0. The van der Waals surface area contributed by atoms with Crippen molar-refractivity contribution in [1.29, 1.82) is 0 Å². The van der Waals surface area contributed by atoms with Crippen molar-refractivity contribution >= 4 is 12.1 Å². The molecule has 0 fully saturated rings. The lowest BCUT2D eigenvalue weighted by molar-refractivity contribution is -0.139. The summed E-state index contributed by atoms with van der Waals surface area (Å²) in [5.74, 6) is -1.10. The van der Waals surface area contributed by atoms with Gasteiger partial charge < -0.3 is 15.2 Å². The topological polar surface area (TPSA) is 75.6 Å². The highest BCUT2D eigenvalue weighted by molar-refractivity contribution is 5.80. The van der Waals surface area contributed by atoms with E-state index in [0.717, 1.165) is 23.1 Å². The molecule has 0 aromatic heterocycles. The SMILES string of the molecule is CCCCc1ccc(-c2cccc(CC(NC(=O)OC(C)(C)C)C(=O)O)c2)cc1. The molecule has 1 unspecified atom stereocenters. The fourth-order valence-corrected chi connectivity index (χ4v) is 3.01. The van der Waals surface area contributed by atoms with Gasteiger partial charge in [0.05, 0.1) is 0 Å². The number of aryl methyl sites for hydroxylation is 1. The van der Waals surface area contributed by atoms with E-state index in [-0.39, 0.29) is 6.42 Å². The van der Waals surface area contributed by atoms with Gasteiger partial charge in [-0.1, -0.05) is 61.9 Å². The molecule has 0 saturated heterocycles. The summed E-state index contributed by atoms with van der Waals surface area (Å²) in [7, 11) is 0. The summed E-state index contributed by atoms with van der Waals surface area (Å²) in [4.78, 5) is 23.6. The highest BCUT2D eigenvalue weighted by atomic mass is 16.6. The van der Waals surface area contributed by atoms with Crippen LogP contribution < -0.4 is 5.32 Å². The summed E-state index contributed by atoms with van der Waals surface area (Å²) in [6.07, 6.45) is 2.87. The second-order valence-corrected chi connectivity index (χ2v) is 8.24. The minimum absolute atomic E-state index is 0.178. The van der Waals surface area contributed by atoms with Crippen LogP contribution in [-0.2, 0) is 22.4 Å². The normalized spacial score (nSPS) is 12.3. The number of carbonyl (C=O) groups is 2. The largest absolute Gasteiger partial charge is 0.480 e. The van der Waals surface area contributed by atoms with Crippen molar-refractivity contribution in [2.45, 2.75) is 65.0 Å². The smallest absolute Gasteiger partial charge is 0.408 e. The van der Waals surface area contributed by atoms with Crippen LogP contribution in [0.4, 0.5) is 4.79 Å². The number of amides is 1. The molecular weight excluding hydrogens is 366 g/mol. The molecule has 2 aromatic rings. The summed E-state index contributed by atoms with van der Waals surface area (Å²) in [6, 6.07) is 15.2. The number of carbonyl (C=O) groups excluding carboxylic acids is 1. The lowest BCUT2D eigenvalue weighted by Crippen LogP contribution is -2.44. The number of alkyl carbamates (subject to hydrolysis) is 1. The first kappa shape index (κ1) is 22.5. The Balaban J connectivity index is 2.10. The van der Waals surface area contributed by atoms with Crippen LogP contribution in [0.3, 0.4) is 0 Å². The van der Waals surface area contributed by atoms with Crippen LogP contribution in [0.1, 0.15) is 51.7 Å². The van der Waals surface area contributed by atoms with E-state index in [1.54, 1.807) is 20.8 Å². The third-order valence-corrected chi connectivity index (χ3v) is 4.46. The van der Waals surface area contributed by atoms with Gasteiger partial charge in [0, 0.05) is 6.42 Å². The fourth-order valence-electron chi connectivity index (χ4n) is 3.01. The van der Waals surface area contributed by atoms with Crippen LogP contribution in [0.25, 0.3) is 11.1 Å². The Bertz CT molecular complexity index is 822. The van der Waals surface area contributed by atoms with E-state index in [1.807, 2.05) is 24.3 Å². The van der Waals surface area contributed by atoms with E-state index in [1.165, 1.54) is 18.4 Å². The van der Waals surface area contributed by atoms with Crippen molar-refractivity contribution in [2.75, 3.05) is 0 Å². The molecule has 0 aliphatic heterocycles. The summed E-state index contributed by atoms with van der Waals surface area (Å²) in [6.45, 7) is 7.39. The Kier molecular flexibility index (Phi) is 7.82. The molecule has 29 heavy (non-hydrogen) atoms. The summed E-state index contributed by atoms with van der Waals surface area (Å²) < 4.78 is 5.17. The van der Waals surface area contributed by atoms with Gasteiger partial charge in [0.15, 0.2) is 0 Å². The highest BCUT2D eigenvalue weighted by Gasteiger charge is 2.24. The molecule has 5 heteroatoms. The fraction of sp³-hybridized carbons (Fsp3) is 0.417. The summed E-state index contributed by atoms with van der Waals surface area (Å²) >= 11 is 0. The molecule has 0 bridgehead atoms. The number of hydrogen-bond acceptors (Lipinski definition) is 3. The van der Waals surface area contributed by atoms with Gasteiger partial charge in [-0.2, -0.15) is 0 Å². The number of unbranched alkanes of at least 4 members (excludes halogenated alkanes) is 1. The maximum Gasteiger partial charge on any atom is 0.408 e. The third-order valence-electron chi connectivity index (χ3n) is 4.46. The Morgan fingerprint density at radius 1 is 1.03 bits per heavy atom. The number of ether oxygens (including phenoxy) is 1. The van der Waals surface area contributed by atoms with E-state index in [9.17, 15) is 14.7 Å². The first-order chi connectivity index (χ1) is 13.7. The van der Waals surface area contributed by atoms with Crippen LogP contribution in [-0.4, -0.2) is 28.8 Å². The van der Waals surface area contributed by atoms with E-state index < -0.39 is 23.7 Å². The van der Waals surface area contributed by atoms with Crippen LogP contribution in [0.15, 0.2) is 48.5 Å². The van der Waals surface area contributed by atoms with Gasteiger partial charge >= 0.3 is 12.1 Å². The van der Waals surface area contributed by atoms with Gasteiger partial charge in [-0.15, -0.1) is 0 Å². The molecule has 0 aliphatic rings. The average molecular weight is 398 g/mol. The van der Waals surface area contributed by atoms with Gasteiger partial charge in [0.1, 0.15) is 11.6 Å². The number of aliphatic carboxylic acids is 1. The molecule has 0 saturated carbocycles. The highest BCUT2D eigenvalue weighted by Crippen LogP contribution is 2.22. The van der Waals surface area contributed by atoms with Crippen LogP contribution in [0, 0.1) is 0 Å². The van der Waals surface area contributed by atoms with Crippen LogP contribution in [0.5, 0.6) is 0 Å². The first-order valence-corrected chi connectivity index (χ1v) is 10.1. The lowest BCUT2D eigenvalue weighted by atomic mass is 9.98. The number of carboxylic acid groups (broad SMARTS) is 1. The zero-order valence-corrected chi connectivity index (χ0v) is 17.7.